The summed E-state index contributed by atoms with van der Waals surface area (Å²) in [5.74, 6) is -0.623. The Morgan fingerprint density at radius 2 is 1.94 bits per heavy atom. The van der Waals surface area contributed by atoms with Gasteiger partial charge >= 0.3 is 11.9 Å². The summed E-state index contributed by atoms with van der Waals surface area (Å²) in [6.07, 6.45) is 9.68. The van der Waals surface area contributed by atoms with Crippen molar-refractivity contribution in [2.75, 3.05) is 19.0 Å². The predicted octanol–water partition coefficient (Wildman–Crippen LogP) is 5.79. The molecule has 0 aromatic heterocycles. The normalized spacial score (nSPS) is 24.6. The molecule has 0 amide bonds. The molecule has 1 aromatic rings. The number of hydrogen-bond donors (Lipinski definition) is 0. The topological polar surface area (TPSA) is 55.8 Å². The van der Waals surface area contributed by atoms with Crippen LogP contribution in [0.1, 0.15) is 56.8 Å². The van der Waals surface area contributed by atoms with Gasteiger partial charge in [-0.1, -0.05) is 29.9 Å². The van der Waals surface area contributed by atoms with Crippen molar-refractivity contribution in [3.63, 3.8) is 0 Å². The number of cyclic esters (lactones) is 1. The van der Waals surface area contributed by atoms with Crippen molar-refractivity contribution in [2.24, 2.45) is 5.41 Å². The smallest absolute Gasteiger partial charge is 0.338 e. The fourth-order valence-electron chi connectivity index (χ4n) is 4.39. The number of rotatable bonds is 7. The summed E-state index contributed by atoms with van der Waals surface area (Å²) in [7, 11) is 3.90. The molecule has 1 saturated heterocycles. The Balaban J connectivity index is 1.75. The fourth-order valence-corrected chi connectivity index (χ4v) is 4.39. The third-order valence-corrected chi connectivity index (χ3v) is 6.38. The highest BCUT2D eigenvalue weighted by Gasteiger charge is 2.52. The van der Waals surface area contributed by atoms with Crippen LogP contribution in [0.15, 0.2) is 71.9 Å². The van der Waals surface area contributed by atoms with Crippen molar-refractivity contribution in [3.05, 3.63) is 77.4 Å². The molecule has 1 aliphatic carbocycles. The first-order chi connectivity index (χ1) is 15.6. The molecule has 1 fully saturated rings. The van der Waals surface area contributed by atoms with Crippen LogP contribution in [0.4, 0.5) is 5.69 Å². The molecule has 5 heteroatoms. The molecule has 0 bridgehead atoms. The van der Waals surface area contributed by atoms with Gasteiger partial charge in [0, 0.05) is 31.6 Å². The van der Waals surface area contributed by atoms with Crippen LogP contribution in [0.3, 0.4) is 0 Å². The van der Waals surface area contributed by atoms with Gasteiger partial charge in [0.2, 0.25) is 0 Å². The van der Waals surface area contributed by atoms with Gasteiger partial charge < -0.3 is 14.4 Å². The van der Waals surface area contributed by atoms with E-state index < -0.39 is 17.6 Å². The number of nitrogens with zero attached hydrogens (tertiary/aromatic N) is 1. The molecule has 2 aliphatic rings. The first-order valence-electron chi connectivity index (χ1n) is 11.5. The Hall–Kier alpha value is -3.08. The van der Waals surface area contributed by atoms with Gasteiger partial charge in [-0.25, -0.2) is 4.79 Å². The monoisotopic (exact) mass is 449 g/mol. The maximum absolute atomic E-state index is 12.8. The van der Waals surface area contributed by atoms with Gasteiger partial charge in [0.05, 0.1) is 12.0 Å². The first-order valence-corrected chi connectivity index (χ1v) is 11.5. The molecule has 5 nitrogen and oxygen atoms in total. The Morgan fingerprint density at radius 1 is 1.24 bits per heavy atom. The van der Waals surface area contributed by atoms with Crippen LogP contribution >= 0.6 is 0 Å². The van der Waals surface area contributed by atoms with Gasteiger partial charge in [-0.15, -0.1) is 0 Å². The lowest BCUT2D eigenvalue weighted by Gasteiger charge is -2.37. The van der Waals surface area contributed by atoms with Crippen LogP contribution in [0.5, 0.6) is 0 Å². The zero-order valence-corrected chi connectivity index (χ0v) is 20.4. The van der Waals surface area contributed by atoms with E-state index in [1.54, 1.807) is 12.1 Å². The van der Waals surface area contributed by atoms with E-state index >= 15 is 0 Å². The molecule has 3 rings (SSSR count). The number of ether oxygens (including phenoxy) is 2. The van der Waals surface area contributed by atoms with Crippen LogP contribution in [0.2, 0.25) is 0 Å². The number of carbonyl (C=O) groups is 2. The van der Waals surface area contributed by atoms with Crippen LogP contribution in [-0.4, -0.2) is 38.2 Å². The summed E-state index contributed by atoms with van der Waals surface area (Å²) in [6, 6.07) is 7.31. The van der Waals surface area contributed by atoms with Crippen LogP contribution in [0, 0.1) is 5.41 Å². The Morgan fingerprint density at radius 3 is 2.58 bits per heavy atom. The summed E-state index contributed by atoms with van der Waals surface area (Å²) < 4.78 is 11.5. The molecular formula is C28H35NO4. The molecule has 1 aromatic carbocycles. The zero-order chi connectivity index (χ0) is 24.2. The summed E-state index contributed by atoms with van der Waals surface area (Å²) in [5, 5.41) is 0. The van der Waals surface area contributed by atoms with Gasteiger partial charge in [-0.3, -0.25) is 4.79 Å². The minimum absolute atomic E-state index is 0.240. The number of allylic oxidation sites excluding steroid dienone is 4. The summed E-state index contributed by atoms with van der Waals surface area (Å²) in [5.41, 5.74) is 4.22. The second kappa shape index (κ2) is 10.2. The Bertz CT molecular complexity index is 995. The molecule has 1 unspecified atom stereocenters. The second-order valence-corrected chi connectivity index (χ2v) is 9.55. The lowest BCUT2D eigenvalue weighted by atomic mass is 9.68. The van der Waals surface area contributed by atoms with E-state index in [1.807, 2.05) is 49.4 Å². The standard InChI is InChI=1S/C28H35NO4/c1-19(2)8-7-9-20(3)16-25-28(18-26(30)33-25)17-24(15-10-21(28)4)32-27(31)22-11-13-23(14-12-22)29(5)6/h8,10-16,24-25H,4,7,9,17-18H2,1-3,5-6H3/b20-16+/t24-,25-,28?/m1/s1. The van der Waals surface area contributed by atoms with E-state index in [1.165, 1.54) is 11.1 Å². The van der Waals surface area contributed by atoms with E-state index in [2.05, 4.69) is 33.4 Å². The minimum atomic E-state index is -0.594. The molecule has 0 saturated carbocycles. The van der Waals surface area contributed by atoms with Gasteiger partial charge in [0.25, 0.3) is 0 Å². The van der Waals surface area contributed by atoms with E-state index in [4.69, 9.17) is 9.47 Å². The van der Waals surface area contributed by atoms with Gasteiger partial charge in [0.15, 0.2) is 0 Å². The number of hydrogen-bond acceptors (Lipinski definition) is 5. The summed E-state index contributed by atoms with van der Waals surface area (Å²) >= 11 is 0. The minimum Gasteiger partial charge on any atom is -0.457 e. The first kappa shape index (κ1) is 24.6. The van der Waals surface area contributed by atoms with Gasteiger partial charge in [-0.05, 0) is 75.6 Å². The Kier molecular flexibility index (Phi) is 7.62. The Labute approximate surface area is 197 Å². The number of benzene rings is 1. The van der Waals surface area contributed by atoms with Crippen molar-refractivity contribution < 1.29 is 19.1 Å². The van der Waals surface area contributed by atoms with Crippen molar-refractivity contribution in [3.8, 4) is 0 Å². The fraction of sp³-hybridized carbons (Fsp3) is 0.429. The van der Waals surface area contributed by atoms with E-state index in [9.17, 15) is 9.59 Å². The van der Waals surface area contributed by atoms with Crippen LogP contribution < -0.4 is 4.90 Å². The lowest BCUT2D eigenvalue weighted by molar-refractivity contribution is -0.140. The molecule has 0 N–H and O–H groups in total. The quantitative estimate of drug-likeness (QED) is 0.390. The molecule has 1 aliphatic heterocycles. The number of anilines is 1. The average molecular weight is 450 g/mol. The SMILES string of the molecule is C=C1C=C[C@@H](OC(=O)c2ccc(N(C)C)cc2)CC12CC(=O)O[C@@H]2/C=C(\C)CCC=C(C)C. The van der Waals surface area contributed by atoms with Crippen molar-refractivity contribution in [2.45, 2.75) is 58.7 Å². The van der Waals surface area contributed by atoms with E-state index in [-0.39, 0.29) is 18.4 Å². The van der Waals surface area contributed by atoms with Crippen LogP contribution in [-0.2, 0) is 14.3 Å². The molecule has 176 valence electrons. The second-order valence-electron chi connectivity index (χ2n) is 9.55. The summed E-state index contributed by atoms with van der Waals surface area (Å²) in [4.78, 5) is 27.1. The average Bonchev–Trinajstić information content (AvgIpc) is 3.05. The third-order valence-electron chi connectivity index (χ3n) is 6.38. The van der Waals surface area contributed by atoms with Crippen LogP contribution in [0.25, 0.3) is 0 Å². The van der Waals surface area contributed by atoms with Crippen molar-refractivity contribution in [1.82, 2.24) is 0 Å². The highest BCUT2D eigenvalue weighted by Crippen LogP contribution is 2.49. The third kappa shape index (κ3) is 5.84. The molecule has 1 heterocycles. The molecule has 3 atom stereocenters. The number of esters is 2. The van der Waals surface area contributed by atoms with Crippen molar-refractivity contribution >= 4 is 17.6 Å². The van der Waals surface area contributed by atoms with E-state index in [0.717, 1.165) is 24.1 Å². The molecule has 33 heavy (non-hydrogen) atoms. The highest BCUT2D eigenvalue weighted by molar-refractivity contribution is 5.90. The lowest BCUT2D eigenvalue weighted by Crippen LogP contribution is -2.38. The largest absolute Gasteiger partial charge is 0.457 e. The molecule has 0 radical (unpaired) electrons. The van der Waals surface area contributed by atoms with Crippen molar-refractivity contribution in [1.29, 1.82) is 0 Å². The maximum Gasteiger partial charge on any atom is 0.338 e. The van der Waals surface area contributed by atoms with E-state index in [0.29, 0.717) is 12.0 Å². The molecular weight excluding hydrogens is 414 g/mol. The highest BCUT2D eigenvalue weighted by atomic mass is 16.6. The van der Waals surface area contributed by atoms with Gasteiger partial charge in [-0.2, -0.15) is 0 Å². The maximum atomic E-state index is 12.8. The summed E-state index contributed by atoms with van der Waals surface area (Å²) in [6.45, 7) is 10.5. The molecule has 1 spiro atoms. The number of carbonyl (C=O) groups excluding carboxylic acids is 2. The van der Waals surface area contributed by atoms with Gasteiger partial charge in [0.1, 0.15) is 12.2 Å². The zero-order valence-electron chi connectivity index (χ0n) is 20.4. The predicted molar refractivity (Wildman–Crippen MR) is 132 cm³/mol.